The van der Waals surface area contributed by atoms with E-state index in [0.717, 1.165) is 22.5 Å². The highest BCUT2D eigenvalue weighted by atomic mass is 35.5. The average molecular weight is 346 g/mol. The molecule has 0 unspecified atom stereocenters. The largest absolute Gasteiger partial charge is 0.324 e. The standard InChI is InChI=1S/C19H12ClN5/c1-3-13-5-9-15(10-6-13)21-18-23-17(20)24-19(25-18)22-16-11-7-14(4-2)8-12-16/h1-2,5-12H,(H2,21,22,23,24,25). The fourth-order valence-electron chi connectivity index (χ4n) is 2.02. The van der Waals surface area contributed by atoms with Crippen LogP contribution in [0, 0.1) is 24.7 Å². The van der Waals surface area contributed by atoms with E-state index in [4.69, 9.17) is 24.4 Å². The summed E-state index contributed by atoms with van der Waals surface area (Å²) in [5.41, 5.74) is 3.14. The molecule has 120 valence electrons. The molecule has 0 aliphatic carbocycles. The Labute approximate surface area is 150 Å². The van der Waals surface area contributed by atoms with Crippen molar-refractivity contribution in [2.45, 2.75) is 0 Å². The SMILES string of the molecule is C#Cc1ccc(Nc2nc(Cl)nc(Nc3ccc(C#C)cc3)n2)cc1. The zero-order chi connectivity index (χ0) is 17.6. The Balaban J connectivity index is 1.79. The van der Waals surface area contributed by atoms with Crippen LogP contribution in [0.3, 0.4) is 0 Å². The molecule has 0 saturated heterocycles. The number of hydrogen-bond donors (Lipinski definition) is 2. The monoisotopic (exact) mass is 345 g/mol. The first-order valence-electron chi connectivity index (χ1n) is 7.25. The van der Waals surface area contributed by atoms with Gasteiger partial charge in [0.15, 0.2) is 0 Å². The zero-order valence-corrected chi connectivity index (χ0v) is 13.7. The molecule has 2 N–H and O–H groups in total. The third-order valence-corrected chi connectivity index (χ3v) is 3.39. The van der Waals surface area contributed by atoms with Crippen LogP contribution in [0.25, 0.3) is 0 Å². The Kier molecular flexibility index (Phi) is 4.80. The van der Waals surface area contributed by atoms with Crippen molar-refractivity contribution in [2.75, 3.05) is 10.6 Å². The number of benzene rings is 2. The predicted octanol–water partition coefficient (Wildman–Crippen LogP) is 3.97. The minimum absolute atomic E-state index is 0.0699. The molecule has 0 radical (unpaired) electrons. The van der Waals surface area contributed by atoms with E-state index in [2.05, 4.69) is 37.4 Å². The number of rotatable bonds is 4. The van der Waals surface area contributed by atoms with Crippen LogP contribution in [0.15, 0.2) is 48.5 Å². The number of terminal acetylenes is 2. The van der Waals surface area contributed by atoms with Gasteiger partial charge in [-0.25, -0.2) is 0 Å². The van der Waals surface area contributed by atoms with E-state index in [-0.39, 0.29) is 5.28 Å². The van der Waals surface area contributed by atoms with Crippen molar-refractivity contribution in [3.05, 3.63) is 64.9 Å². The maximum Gasteiger partial charge on any atom is 0.233 e. The molecule has 5 nitrogen and oxygen atoms in total. The molecule has 3 rings (SSSR count). The number of aromatic nitrogens is 3. The maximum absolute atomic E-state index is 5.98. The maximum atomic E-state index is 5.98. The minimum atomic E-state index is 0.0699. The summed E-state index contributed by atoms with van der Waals surface area (Å²) in [5, 5.41) is 6.19. The van der Waals surface area contributed by atoms with E-state index in [9.17, 15) is 0 Å². The van der Waals surface area contributed by atoms with E-state index in [1.54, 1.807) is 0 Å². The zero-order valence-electron chi connectivity index (χ0n) is 13.0. The Bertz CT molecular complexity index is 889. The average Bonchev–Trinajstić information content (AvgIpc) is 2.62. The lowest BCUT2D eigenvalue weighted by Gasteiger charge is -2.08. The second-order valence-electron chi connectivity index (χ2n) is 4.95. The van der Waals surface area contributed by atoms with Gasteiger partial charge in [-0.3, -0.25) is 0 Å². The van der Waals surface area contributed by atoms with Gasteiger partial charge in [0, 0.05) is 22.5 Å². The highest BCUT2D eigenvalue weighted by Gasteiger charge is 2.06. The third-order valence-electron chi connectivity index (χ3n) is 3.22. The van der Waals surface area contributed by atoms with Crippen LogP contribution in [0.1, 0.15) is 11.1 Å². The quantitative estimate of drug-likeness (QED) is 0.700. The van der Waals surface area contributed by atoms with Gasteiger partial charge in [0.25, 0.3) is 0 Å². The summed E-state index contributed by atoms with van der Waals surface area (Å²) in [7, 11) is 0. The molecule has 0 amide bonds. The van der Waals surface area contributed by atoms with Gasteiger partial charge in [-0.2, -0.15) is 15.0 Å². The lowest BCUT2D eigenvalue weighted by atomic mass is 10.2. The molecule has 0 bridgehead atoms. The lowest BCUT2D eigenvalue weighted by Crippen LogP contribution is -2.04. The molecule has 25 heavy (non-hydrogen) atoms. The molecule has 2 aromatic carbocycles. The van der Waals surface area contributed by atoms with E-state index in [0.29, 0.717) is 11.9 Å². The van der Waals surface area contributed by atoms with Gasteiger partial charge in [-0.05, 0) is 60.1 Å². The Morgan fingerprint density at radius 2 is 1.08 bits per heavy atom. The summed E-state index contributed by atoms with van der Waals surface area (Å²) >= 11 is 5.98. The van der Waals surface area contributed by atoms with Gasteiger partial charge in [0.1, 0.15) is 0 Å². The molecular weight excluding hydrogens is 334 g/mol. The van der Waals surface area contributed by atoms with Crippen molar-refractivity contribution in [3.8, 4) is 24.7 Å². The molecule has 0 spiro atoms. The molecule has 0 fully saturated rings. The van der Waals surface area contributed by atoms with Crippen LogP contribution >= 0.6 is 11.6 Å². The summed E-state index contributed by atoms with van der Waals surface area (Å²) < 4.78 is 0. The number of nitrogens with zero attached hydrogens (tertiary/aromatic N) is 3. The van der Waals surface area contributed by atoms with Gasteiger partial charge in [-0.1, -0.05) is 11.8 Å². The first-order chi connectivity index (χ1) is 12.2. The number of halogens is 1. The summed E-state index contributed by atoms with van der Waals surface area (Å²) in [4.78, 5) is 12.4. The molecule has 0 aliphatic heterocycles. The van der Waals surface area contributed by atoms with Gasteiger partial charge in [-0.15, -0.1) is 12.8 Å². The molecule has 0 aliphatic rings. The van der Waals surface area contributed by atoms with Crippen molar-refractivity contribution in [1.29, 1.82) is 0 Å². The van der Waals surface area contributed by atoms with Gasteiger partial charge >= 0.3 is 0 Å². The number of hydrogen-bond acceptors (Lipinski definition) is 5. The van der Waals surface area contributed by atoms with Crippen LogP contribution < -0.4 is 10.6 Å². The van der Waals surface area contributed by atoms with Gasteiger partial charge < -0.3 is 10.6 Å². The van der Waals surface area contributed by atoms with Crippen LogP contribution in [-0.4, -0.2) is 15.0 Å². The van der Waals surface area contributed by atoms with Crippen LogP contribution in [-0.2, 0) is 0 Å². The topological polar surface area (TPSA) is 62.7 Å². The highest BCUT2D eigenvalue weighted by molar-refractivity contribution is 6.28. The summed E-state index contributed by atoms with van der Waals surface area (Å²) in [6, 6.07) is 14.6. The Morgan fingerprint density at radius 3 is 1.44 bits per heavy atom. The first kappa shape index (κ1) is 16.3. The van der Waals surface area contributed by atoms with Crippen molar-refractivity contribution in [1.82, 2.24) is 15.0 Å². The fourth-order valence-corrected chi connectivity index (χ4v) is 2.18. The molecule has 0 atom stereocenters. The summed E-state index contributed by atoms with van der Waals surface area (Å²) in [6.45, 7) is 0. The number of anilines is 4. The van der Waals surface area contributed by atoms with Crippen LogP contribution in [0.2, 0.25) is 5.28 Å². The molecular formula is C19H12ClN5. The molecule has 0 saturated carbocycles. The molecule has 6 heteroatoms. The number of nitrogens with one attached hydrogen (secondary N) is 2. The van der Waals surface area contributed by atoms with E-state index in [1.165, 1.54) is 0 Å². The van der Waals surface area contributed by atoms with Crippen molar-refractivity contribution < 1.29 is 0 Å². The second kappa shape index (κ2) is 7.35. The molecule has 1 heterocycles. The second-order valence-corrected chi connectivity index (χ2v) is 5.28. The van der Waals surface area contributed by atoms with Crippen molar-refractivity contribution >= 4 is 34.9 Å². The van der Waals surface area contributed by atoms with Gasteiger partial charge in [0.05, 0.1) is 0 Å². The van der Waals surface area contributed by atoms with E-state index in [1.807, 2.05) is 48.5 Å². The van der Waals surface area contributed by atoms with Crippen LogP contribution in [0.5, 0.6) is 0 Å². The smallest absolute Gasteiger partial charge is 0.233 e. The summed E-state index contributed by atoms with van der Waals surface area (Å²) in [5.74, 6) is 5.75. The molecule has 1 aromatic heterocycles. The van der Waals surface area contributed by atoms with E-state index < -0.39 is 0 Å². The predicted molar refractivity (Wildman–Crippen MR) is 100 cm³/mol. The summed E-state index contributed by atoms with van der Waals surface area (Å²) in [6.07, 6.45) is 10.7. The highest BCUT2D eigenvalue weighted by Crippen LogP contribution is 2.19. The van der Waals surface area contributed by atoms with Crippen LogP contribution in [0.4, 0.5) is 23.3 Å². The third kappa shape index (κ3) is 4.26. The lowest BCUT2D eigenvalue weighted by molar-refractivity contribution is 1.06. The van der Waals surface area contributed by atoms with E-state index >= 15 is 0 Å². The minimum Gasteiger partial charge on any atom is -0.324 e. The normalized spacial score (nSPS) is 9.72. The first-order valence-corrected chi connectivity index (χ1v) is 7.63. The molecule has 3 aromatic rings. The fraction of sp³-hybridized carbons (Fsp3) is 0. The Morgan fingerprint density at radius 1 is 0.680 bits per heavy atom. The van der Waals surface area contributed by atoms with Gasteiger partial charge in [0.2, 0.25) is 17.2 Å². The van der Waals surface area contributed by atoms with Crippen molar-refractivity contribution in [2.24, 2.45) is 0 Å². The van der Waals surface area contributed by atoms with Crippen molar-refractivity contribution in [3.63, 3.8) is 0 Å². The Hall–Kier alpha value is -3.54.